The van der Waals surface area contributed by atoms with Gasteiger partial charge in [-0.2, -0.15) is 0 Å². The van der Waals surface area contributed by atoms with Crippen LogP contribution in [0.25, 0.3) is 0 Å². The molecule has 1 aliphatic rings. The van der Waals surface area contributed by atoms with Gasteiger partial charge < -0.3 is 15.0 Å². The minimum absolute atomic E-state index is 0.115. The van der Waals surface area contributed by atoms with Gasteiger partial charge >= 0.3 is 0 Å². The molecule has 4 heteroatoms. The first-order valence-electron chi connectivity index (χ1n) is 7.69. The van der Waals surface area contributed by atoms with Gasteiger partial charge in [0.25, 0.3) is 0 Å². The second-order valence-electron chi connectivity index (χ2n) is 7.26. The van der Waals surface area contributed by atoms with Crippen LogP contribution in [-0.4, -0.2) is 22.6 Å². The Labute approximate surface area is 122 Å². The lowest BCUT2D eigenvalue weighted by molar-refractivity contribution is -0.0641. The van der Waals surface area contributed by atoms with Crippen LogP contribution in [0.3, 0.4) is 0 Å². The Bertz CT molecular complexity index is 435. The molecule has 0 spiro atoms. The van der Waals surface area contributed by atoms with Crippen molar-refractivity contribution < 1.29 is 4.74 Å². The van der Waals surface area contributed by atoms with E-state index in [0.29, 0.717) is 5.92 Å². The fourth-order valence-corrected chi connectivity index (χ4v) is 3.04. The zero-order valence-electron chi connectivity index (χ0n) is 13.5. The van der Waals surface area contributed by atoms with Crippen molar-refractivity contribution in [2.45, 2.75) is 71.1 Å². The van der Waals surface area contributed by atoms with Crippen LogP contribution in [0.2, 0.25) is 0 Å². The van der Waals surface area contributed by atoms with E-state index in [1.54, 1.807) is 0 Å². The van der Waals surface area contributed by atoms with Gasteiger partial charge in [0.1, 0.15) is 11.4 Å². The highest BCUT2D eigenvalue weighted by Gasteiger charge is 2.39. The molecule has 0 aliphatic heterocycles. The molecule has 1 aromatic rings. The van der Waals surface area contributed by atoms with E-state index in [1.807, 2.05) is 13.3 Å². The summed E-state index contributed by atoms with van der Waals surface area (Å²) in [4.78, 5) is 8.07. The fourth-order valence-electron chi connectivity index (χ4n) is 3.04. The zero-order valence-corrected chi connectivity index (χ0v) is 13.5. The monoisotopic (exact) mass is 279 g/mol. The van der Waals surface area contributed by atoms with Crippen LogP contribution in [0.5, 0.6) is 0 Å². The van der Waals surface area contributed by atoms with Gasteiger partial charge in [-0.25, -0.2) is 4.98 Å². The van der Waals surface area contributed by atoms with Gasteiger partial charge in [-0.1, -0.05) is 13.3 Å². The number of hydrogen-bond acceptors (Lipinski definition) is 3. The molecule has 2 atom stereocenters. The maximum absolute atomic E-state index is 5.88. The molecule has 2 rings (SSSR count). The van der Waals surface area contributed by atoms with E-state index in [2.05, 4.69) is 43.0 Å². The predicted molar refractivity (Wildman–Crippen MR) is 81.5 cm³/mol. The van der Waals surface area contributed by atoms with Gasteiger partial charge in [-0.15, -0.1) is 0 Å². The Hall–Kier alpha value is -0.870. The van der Waals surface area contributed by atoms with Gasteiger partial charge in [0.05, 0.1) is 0 Å². The third kappa shape index (κ3) is 3.61. The highest BCUT2D eigenvalue weighted by Crippen LogP contribution is 2.41. The first-order chi connectivity index (χ1) is 9.35. The molecule has 2 N–H and O–H groups in total. The van der Waals surface area contributed by atoms with Crippen molar-refractivity contribution in [2.24, 2.45) is 5.92 Å². The Kier molecular flexibility index (Phi) is 4.55. The third-order valence-electron chi connectivity index (χ3n) is 4.22. The minimum atomic E-state index is -0.211. The number of imidazole rings is 1. The normalized spacial score (nSPS) is 27.8. The molecule has 4 nitrogen and oxygen atoms in total. The summed E-state index contributed by atoms with van der Waals surface area (Å²) in [6.07, 6.45) is 6.57. The molecule has 2 unspecified atom stereocenters. The number of hydrogen-bond donors (Lipinski definition) is 2. The van der Waals surface area contributed by atoms with Crippen molar-refractivity contribution in [2.75, 3.05) is 7.11 Å². The van der Waals surface area contributed by atoms with Gasteiger partial charge in [-0.3, -0.25) is 0 Å². The highest BCUT2D eigenvalue weighted by atomic mass is 16.5. The summed E-state index contributed by atoms with van der Waals surface area (Å²) in [6.45, 7) is 9.63. The van der Waals surface area contributed by atoms with Crippen molar-refractivity contribution >= 4 is 0 Å². The van der Waals surface area contributed by atoms with E-state index < -0.39 is 0 Å². The second kappa shape index (κ2) is 5.86. The van der Waals surface area contributed by atoms with E-state index >= 15 is 0 Å². The first kappa shape index (κ1) is 15.5. The molecule has 1 aliphatic carbocycles. The summed E-state index contributed by atoms with van der Waals surface area (Å²) < 4.78 is 5.88. The lowest BCUT2D eigenvalue weighted by atomic mass is 9.78. The van der Waals surface area contributed by atoms with Crippen LogP contribution >= 0.6 is 0 Å². The van der Waals surface area contributed by atoms with Crippen molar-refractivity contribution in [1.82, 2.24) is 15.3 Å². The number of methoxy groups -OCH3 is 1. The predicted octanol–water partition coefficient (Wildman–Crippen LogP) is 3.35. The lowest BCUT2D eigenvalue weighted by Crippen LogP contribution is -2.36. The van der Waals surface area contributed by atoms with Crippen molar-refractivity contribution in [1.29, 1.82) is 0 Å². The number of aromatic nitrogens is 2. The van der Waals surface area contributed by atoms with Gasteiger partial charge in [0.15, 0.2) is 0 Å². The summed E-state index contributed by atoms with van der Waals surface area (Å²) in [7, 11) is 1.81. The molecular formula is C16H29N3O. The van der Waals surface area contributed by atoms with E-state index in [9.17, 15) is 0 Å². The highest BCUT2D eigenvalue weighted by molar-refractivity contribution is 5.11. The smallest absolute Gasteiger partial charge is 0.138 e. The number of H-pyrrole nitrogens is 1. The molecule has 20 heavy (non-hydrogen) atoms. The molecule has 0 radical (unpaired) electrons. The van der Waals surface area contributed by atoms with E-state index in [1.165, 1.54) is 12.8 Å². The lowest BCUT2D eigenvalue weighted by Gasteiger charge is -2.37. The fraction of sp³-hybridized carbons (Fsp3) is 0.812. The third-order valence-corrected chi connectivity index (χ3v) is 4.22. The summed E-state index contributed by atoms with van der Waals surface area (Å²) in [5.74, 6) is 1.70. The molecule has 1 heterocycles. The van der Waals surface area contributed by atoms with Crippen LogP contribution in [0.1, 0.15) is 64.9 Å². The van der Waals surface area contributed by atoms with Gasteiger partial charge in [-0.05, 0) is 46.0 Å². The van der Waals surface area contributed by atoms with Gasteiger partial charge in [0, 0.05) is 31.1 Å². The first-order valence-corrected chi connectivity index (χ1v) is 7.69. The maximum atomic E-state index is 5.88. The van der Waals surface area contributed by atoms with Crippen molar-refractivity contribution in [3.63, 3.8) is 0 Å². The Morgan fingerprint density at radius 1 is 1.50 bits per heavy atom. The standard InChI is InChI=1S/C16H29N3O/c1-12-7-6-8-16(9-12,20-5)14-17-10-13(19-14)11-18-15(2,3)4/h10,12,18H,6-9,11H2,1-5H3,(H,17,19). The Morgan fingerprint density at radius 3 is 2.85 bits per heavy atom. The summed E-state index contributed by atoms with van der Waals surface area (Å²) in [5.41, 5.74) is 1.03. The SMILES string of the molecule is COC1(c2ncc(CNC(C)(C)C)[nH]2)CCCC(C)C1. The van der Waals surface area contributed by atoms with Crippen molar-refractivity contribution in [3.8, 4) is 0 Å². The molecule has 0 aromatic carbocycles. The maximum Gasteiger partial charge on any atom is 0.138 e. The molecule has 1 fully saturated rings. The number of aromatic amines is 1. The van der Waals surface area contributed by atoms with Crippen LogP contribution in [-0.2, 0) is 16.9 Å². The summed E-state index contributed by atoms with van der Waals surface area (Å²) >= 11 is 0. The number of nitrogens with zero attached hydrogens (tertiary/aromatic N) is 1. The molecule has 114 valence electrons. The average Bonchev–Trinajstić information content (AvgIpc) is 2.85. The van der Waals surface area contributed by atoms with Gasteiger partial charge in [0.2, 0.25) is 0 Å². The van der Waals surface area contributed by atoms with E-state index in [0.717, 1.165) is 30.9 Å². The zero-order chi connectivity index (χ0) is 14.8. The topological polar surface area (TPSA) is 49.9 Å². The molecule has 1 aromatic heterocycles. The largest absolute Gasteiger partial charge is 0.370 e. The van der Waals surface area contributed by atoms with E-state index in [4.69, 9.17) is 4.74 Å². The Morgan fingerprint density at radius 2 is 2.25 bits per heavy atom. The average molecular weight is 279 g/mol. The second-order valence-corrected chi connectivity index (χ2v) is 7.26. The summed E-state index contributed by atoms with van der Waals surface area (Å²) in [6, 6.07) is 0. The van der Waals surface area contributed by atoms with Crippen LogP contribution in [0.4, 0.5) is 0 Å². The summed E-state index contributed by atoms with van der Waals surface area (Å²) in [5, 5.41) is 3.48. The molecule has 0 bridgehead atoms. The van der Waals surface area contributed by atoms with Crippen LogP contribution in [0.15, 0.2) is 6.20 Å². The van der Waals surface area contributed by atoms with E-state index in [-0.39, 0.29) is 11.1 Å². The Balaban J connectivity index is 2.10. The quantitative estimate of drug-likeness (QED) is 0.888. The molecular weight excluding hydrogens is 250 g/mol. The molecule has 0 amide bonds. The number of rotatable bonds is 4. The number of nitrogens with one attached hydrogen (secondary N) is 2. The van der Waals surface area contributed by atoms with Crippen LogP contribution < -0.4 is 5.32 Å². The minimum Gasteiger partial charge on any atom is -0.370 e. The van der Waals surface area contributed by atoms with Crippen LogP contribution in [0, 0.1) is 5.92 Å². The number of ether oxygens (including phenoxy) is 1. The molecule has 1 saturated carbocycles. The molecule has 0 saturated heterocycles. The van der Waals surface area contributed by atoms with Crippen molar-refractivity contribution in [3.05, 3.63) is 17.7 Å².